The van der Waals surface area contributed by atoms with Crippen molar-refractivity contribution in [2.75, 3.05) is 20.7 Å². The number of aliphatic hydroxyl groups is 2. The van der Waals surface area contributed by atoms with Crippen LogP contribution >= 0.6 is 0 Å². The number of carbonyl (C=O) groups is 4. The number of methoxy groups -OCH3 is 1. The van der Waals surface area contributed by atoms with Crippen LogP contribution in [0.25, 0.3) is 0 Å². The molecule has 0 aliphatic carbocycles. The summed E-state index contributed by atoms with van der Waals surface area (Å²) in [6.45, 7) is 14.6. The van der Waals surface area contributed by atoms with Crippen LogP contribution in [-0.2, 0) is 42.9 Å². The Morgan fingerprint density at radius 1 is 1.11 bits per heavy atom. The number of rotatable bonds is 8. The van der Waals surface area contributed by atoms with Gasteiger partial charge in [0.25, 0.3) is 0 Å². The number of aliphatic hydroxyl groups excluding tert-OH is 1. The number of hydrogen-bond acceptors (Lipinski definition) is 12. The minimum Gasteiger partial charge on any atom is -0.459 e. The normalized spacial score (nSPS) is 41.1. The van der Waals surface area contributed by atoms with Crippen LogP contribution in [0.5, 0.6) is 0 Å². The predicted octanol–water partition coefficient (Wildman–Crippen LogP) is 2.69. The second-order valence-corrected chi connectivity index (χ2v) is 13.9. The van der Waals surface area contributed by atoms with Crippen LogP contribution < -0.4 is 0 Å². The summed E-state index contributed by atoms with van der Waals surface area (Å²) in [6, 6.07) is -0.338. The smallest absolute Gasteiger partial charge is 0.316 e. The summed E-state index contributed by atoms with van der Waals surface area (Å²) in [7, 11) is 3.31. The Balaban J connectivity index is 2.68. The SMILES string of the molecule is C#CCCN(C)[C@H]1C[C@@H](C)OC(O[C@@H]2[C@@H](C)C(=O)[C@@H](C)C(=O)O[C@H](CC)[C@@](C)(O)[C@@H](O)[C@@H](C)C(=O)[C@H](C)CC2(C)OC)[C@@H]1OC(C)=O. The predicted molar refractivity (Wildman–Crippen MR) is 173 cm³/mol. The standard InChI is InChI=1S/C35H57NO11/c1-13-15-16-36(11)25-17-20(4)44-33(29(25)45-24(8)37)47-31-22(6)28(39)23(7)32(41)46-26(14-2)35(10,42)30(40)21(5)27(38)19(3)18-34(31,9)43-12/h1,19-23,25-26,29-31,33,40,42H,14-18H2,2-12H3/t19-,20-,21+,22+,23-,25+,26-,29-,30+,31-,33?,34?,35-/m1/s1. The molecule has 2 aliphatic heterocycles. The number of carbonyl (C=O) groups excluding carboxylic acids is 4. The Morgan fingerprint density at radius 3 is 2.26 bits per heavy atom. The van der Waals surface area contributed by atoms with Gasteiger partial charge in [0.15, 0.2) is 18.2 Å². The average Bonchev–Trinajstić information content (AvgIpc) is 3.02. The van der Waals surface area contributed by atoms with Gasteiger partial charge in [-0.3, -0.25) is 24.1 Å². The molecule has 2 fully saturated rings. The second kappa shape index (κ2) is 16.8. The topological polar surface area (TPSA) is 158 Å². The Kier molecular flexibility index (Phi) is 14.6. The fourth-order valence-corrected chi connectivity index (χ4v) is 7.07. The average molecular weight is 668 g/mol. The van der Waals surface area contributed by atoms with Crippen molar-refractivity contribution in [2.24, 2.45) is 23.7 Å². The maximum Gasteiger partial charge on any atom is 0.316 e. The number of nitrogens with zero attached hydrogens (tertiary/aromatic N) is 1. The minimum absolute atomic E-state index is 0.0475. The maximum absolute atomic E-state index is 14.0. The molecule has 0 bridgehead atoms. The zero-order valence-corrected chi connectivity index (χ0v) is 30.0. The molecule has 47 heavy (non-hydrogen) atoms. The maximum atomic E-state index is 14.0. The molecule has 2 N–H and O–H groups in total. The van der Waals surface area contributed by atoms with Crippen LogP contribution in [0, 0.1) is 36.0 Å². The van der Waals surface area contributed by atoms with Gasteiger partial charge in [0.1, 0.15) is 23.4 Å². The number of hydrogen-bond donors (Lipinski definition) is 2. The number of Topliss-reactive ketones (excluding diaryl/α,β-unsaturated/α-hetero) is 2. The zero-order valence-electron chi connectivity index (χ0n) is 30.0. The Bertz CT molecular complexity index is 1150. The molecular formula is C35H57NO11. The van der Waals surface area contributed by atoms with E-state index in [2.05, 4.69) is 5.92 Å². The first-order valence-electron chi connectivity index (χ1n) is 16.6. The number of cyclic esters (lactones) is 1. The van der Waals surface area contributed by atoms with Gasteiger partial charge < -0.3 is 33.9 Å². The van der Waals surface area contributed by atoms with Gasteiger partial charge in [0, 0.05) is 44.8 Å². The van der Waals surface area contributed by atoms with Crippen molar-refractivity contribution in [2.45, 2.75) is 142 Å². The van der Waals surface area contributed by atoms with Crippen molar-refractivity contribution in [3.63, 3.8) is 0 Å². The van der Waals surface area contributed by atoms with Crippen molar-refractivity contribution >= 4 is 23.5 Å². The first-order chi connectivity index (χ1) is 21.8. The number of terminal acetylenes is 1. The Labute approximate surface area is 280 Å². The Hall–Kier alpha value is -2.40. The lowest BCUT2D eigenvalue weighted by Gasteiger charge is -2.48. The molecule has 2 saturated heterocycles. The quantitative estimate of drug-likeness (QED) is 0.222. The van der Waals surface area contributed by atoms with Gasteiger partial charge in [0.05, 0.1) is 30.0 Å². The van der Waals surface area contributed by atoms with E-state index in [1.54, 1.807) is 27.7 Å². The molecule has 0 aromatic carbocycles. The monoisotopic (exact) mass is 667 g/mol. The van der Waals surface area contributed by atoms with E-state index in [1.807, 2.05) is 18.9 Å². The summed E-state index contributed by atoms with van der Waals surface area (Å²) in [5.74, 6) is -3.76. The number of esters is 2. The van der Waals surface area contributed by atoms with Gasteiger partial charge in [0.2, 0.25) is 0 Å². The van der Waals surface area contributed by atoms with E-state index in [0.29, 0.717) is 19.4 Å². The molecule has 2 rings (SSSR count). The van der Waals surface area contributed by atoms with Crippen molar-refractivity contribution in [1.82, 2.24) is 4.90 Å². The Morgan fingerprint density at radius 2 is 1.72 bits per heavy atom. The molecule has 268 valence electrons. The van der Waals surface area contributed by atoms with Gasteiger partial charge >= 0.3 is 11.9 Å². The molecule has 13 atom stereocenters. The van der Waals surface area contributed by atoms with Gasteiger partial charge in [-0.2, -0.15) is 0 Å². The molecule has 12 nitrogen and oxygen atoms in total. The summed E-state index contributed by atoms with van der Waals surface area (Å²) in [6.07, 6.45) is 0.399. The van der Waals surface area contributed by atoms with Crippen molar-refractivity contribution in [1.29, 1.82) is 0 Å². The van der Waals surface area contributed by atoms with E-state index < -0.39 is 83.3 Å². The third-order valence-corrected chi connectivity index (χ3v) is 10.1. The molecule has 0 aromatic heterocycles. The first-order valence-corrected chi connectivity index (χ1v) is 16.6. The van der Waals surface area contributed by atoms with Crippen molar-refractivity contribution in [3.8, 4) is 12.3 Å². The van der Waals surface area contributed by atoms with Gasteiger partial charge in [-0.1, -0.05) is 27.7 Å². The highest BCUT2D eigenvalue weighted by molar-refractivity contribution is 6.00. The van der Waals surface area contributed by atoms with Gasteiger partial charge in [-0.15, -0.1) is 12.3 Å². The fourth-order valence-electron chi connectivity index (χ4n) is 7.07. The molecule has 0 amide bonds. The summed E-state index contributed by atoms with van der Waals surface area (Å²) >= 11 is 0. The lowest BCUT2D eigenvalue weighted by atomic mass is 9.74. The van der Waals surface area contributed by atoms with Crippen LogP contribution in [-0.4, -0.2) is 113 Å². The number of ether oxygens (including phenoxy) is 5. The molecule has 12 heteroatoms. The molecule has 0 spiro atoms. The highest BCUT2D eigenvalue weighted by Gasteiger charge is 2.52. The van der Waals surface area contributed by atoms with Gasteiger partial charge in [-0.05, 0) is 54.0 Å². The first kappa shape index (κ1) is 40.8. The second-order valence-electron chi connectivity index (χ2n) is 13.9. The lowest BCUT2D eigenvalue weighted by molar-refractivity contribution is -0.298. The largest absolute Gasteiger partial charge is 0.459 e. The minimum atomic E-state index is -1.97. The fraction of sp³-hybridized carbons (Fsp3) is 0.829. The molecule has 0 aromatic rings. The number of likely N-dealkylation sites (N-methyl/N-ethyl adjacent to an activating group) is 1. The lowest BCUT2D eigenvalue weighted by Crippen LogP contribution is -2.61. The summed E-state index contributed by atoms with van der Waals surface area (Å²) < 4.78 is 30.4. The van der Waals surface area contributed by atoms with E-state index in [1.165, 1.54) is 34.8 Å². The van der Waals surface area contributed by atoms with Crippen LogP contribution in [0.2, 0.25) is 0 Å². The van der Waals surface area contributed by atoms with Crippen molar-refractivity contribution in [3.05, 3.63) is 0 Å². The highest BCUT2D eigenvalue weighted by atomic mass is 16.7. The van der Waals surface area contributed by atoms with Crippen LogP contribution in [0.4, 0.5) is 0 Å². The van der Waals surface area contributed by atoms with E-state index >= 15 is 0 Å². The molecular weight excluding hydrogens is 610 g/mol. The summed E-state index contributed by atoms with van der Waals surface area (Å²) in [4.78, 5) is 55.5. The van der Waals surface area contributed by atoms with E-state index in [4.69, 9.17) is 30.1 Å². The summed E-state index contributed by atoms with van der Waals surface area (Å²) in [5.41, 5.74) is -3.30. The zero-order chi connectivity index (χ0) is 36.0. The highest BCUT2D eigenvalue weighted by Crippen LogP contribution is 2.38. The third-order valence-electron chi connectivity index (χ3n) is 10.1. The molecule has 0 radical (unpaired) electrons. The van der Waals surface area contributed by atoms with Crippen LogP contribution in [0.15, 0.2) is 0 Å². The molecule has 2 aliphatic rings. The van der Waals surface area contributed by atoms with E-state index in [9.17, 15) is 29.4 Å². The molecule has 2 unspecified atom stereocenters. The van der Waals surface area contributed by atoms with E-state index in [-0.39, 0.29) is 30.8 Å². The van der Waals surface area contributed by atoms with Gasteiger partial charge in [-0.25, -0.2) is 0 Å². The van der Waals surface area contributed by atoms with Crippen LogP contribution in [0.3, 0.4) is 0 Å². The third kappa shape index (κ3) is 9.40. The number of ketones is 2. The van der Waals surface area contributed by atoms with Crippen LogP contribution in [0.1, 0.15) is 88.0 Å². The molecule has 2 heterocycles. The van der Waals surface area contributed by atoms with E-state index in [0.717, 1.165) is 0 Å². The molecule has 0 saturated carbocycles. The summed E-state index contributed by atoms with van der Waals surface area (Å²) in [5, 5.41) is 22.5. The van der Waals surface area contributed by atoms with Crippen molar-refractivity contribution < 1.29 is 53.1 Å².